The number of fused-ring (bicyclic) bond motifs is 1. The number of piperazine rings is 1. The Labute approximate surface area is 153 Å². The maximum absolute atomic E-state index is 5.96. The third kappa shape index (κ3) is 4.05. The molecule has 0 saturated carbocycles. The van der Waals surface area contributed by atoms with E-state index in [-0.39, 0.29) is 0 Å². The number of anilines is 1. The lowest BCUT2D eigenvalue weighted by molar-refractivity contribution is 0.0727. The molecular weight excluding hydrogens is 336 g/mol. The lowest BCUT2D eigenvalue weighted by Gasteiger charge is -2.46. The average Bonchev–Trinajstić information content (AvgIpc) is 2.67. The van der Waals surface area contributed by atoms with Gasteiger partial charge in [0.05, 0.1) is 6.61 Å². The van der Waals surface area contributed by atoms with Crippen molar-refractivity contribution in [2.45, 2.75) is 18.9 Å². The van der Waals surface area contributed by atoms with Crippen LogP contribution in [0.15, 0.2) is 42.5 Å². The molecule has 2 aliphatic rings. The summed E-state index contributed by atoms with van der Waals surface area (Å²) in [6.07, 6.45) is 2.43. The van der Waals surface area contributed by atoms with Gasteiger partial charge in [-0.1, -0.05) is 29.8 Å². The minimum atomic E-state index is 0.446. The zero-order valence-corrected chi connectivity index (χ0v) is 15.0. The molecule has 2 fully saturated rings. The monoisotopic (exact) mass is 358 g/mol. The number of rotatable bonds is 4. The first-order valence-electron chi connectivity index (χ1n) is 8.94. The highest BCUT2D eigenvalue weighted by atomic mass is 35.5. The van der Waals surface area contributed by atoms with Gasteiger partial charge in [0.15, 0.2) is 11.0 Å². The van der Waals surface area contributed by atoms with Crippen LogP contribution in [0.2, 0.25) is 5.15 Å². The van der Waals surface area contributed by atoms with Crippen molar-refractivity contribution in [3.05, 3.63) is 47.6 Å². The van der Waals surface area contributed by atoms with Gasteiger partial charge in [0.2, 0.25) is 0 Å². The van der Waals surface area contributed by atoms with Crippen molar-refractivity contribution in [3.8, 4) is 5.75 Å². The second kappa shape index (κ2) is 7.58. The molecule has 3 heterocycles. The quantitative estimate of drug-likeness (QED) is 0.840. The third-order valence-electron chi connectivity index (χ3n) is 5.18. The number of hydrogen-bond acceptors (Lipinski definition) is 5. The number of halogens is 1. The number of hydrogen-bond donors (Lipinski definition) is 0. The fourth-order valence-electron chi connectivity index (χ4n) is 3.81. The summed E-state index contributed by atoms with van der Waals surface area (Å²) in [5, 5.41) is 8.64. The summed E-state index contributed by atoms with van der Waals surface area (Å²) in [5.74, 6) is 2.51. The van der Waals surface area contributed by atoms with Crippen LogP contribution in [0.4, 0.5) is 5.82 Å². The summed E-state index contributed by atoms with van der Waals surface area (Å²) in [4.78, 5) is 4.94. The minimum absolute atomic E-state index is 0.446. The minimum Gasteiger partial charge on any atom is -0.493 e. The first-order chi connectivity index (χ1) is 12.3. The summed E-state index contributed by atoms with van der Waals surface area (Å²) in [7, 11) is 0. The van der Waals surface area contributed by atoms with Crippen LogP contribution in [-0.2, 0) is 0 Å². The van der Waals surface area contributed by atoms with Gasteiger partial charge in [-0.3, -0.25) is 4.90 Å². The van der Waals surface area contributed by atoms with Crippen LogP contribution in [0.3, 0.4) is 0 Å². The molecule has 2 aromatic rings. The van der Waals surface area contributed by atoms with Crippen molar-refractivity contribution in [2.75, 3.05) is 37.7 Å². The molecular formula is C19H23ClN4O. The molecule has 1 aromatic carbocycles. The Morgan fingerprint density at radius 1 is 1.00 bits per heavy atom. The summed E-state index contributed by atoms with van der Waals surface area (Å²) >= 11 is 5.84. The Morgan fingerprint density at radius 3 is 2.68 bits per heavy atom. The normalized spacial score (nSPS) is 24.0. The van der Waals surface area contributed by atoms with Crippen molar-refractivity contribution in [1.82, 2.24) is 15.1 Å². The molecule has 5 nitrogen and oxygen atoms in total. The Morgan fingerprint density at radius 2 is 1.88 bits per heavy atom. The van der Waals surface area contributed by atoms with Gasteiger partial charge in [0.1, 0.15) is 5.75 Å². The number of aromatic nitrogens is 2. The predicted octanol–water partition coefficient (Wildman–Crippen LogP) is 3.11. The Hall–Kier alpha value is -1.85. The SMILES string of the molecule is Clc1ccc(N2CCN3C[C@H](COc4ccccc4)CC[C@H]3C2)nn1. The first kappa shape index (κ1) is 16.6. The van der Waals surface area contributed by atoms with Gasteiger partial charge in [-0.15, -0.1) is 10.2 Å². The molecule has 4 rings (SSSR count). The van der Waals surface area contributed by atoms with E-state index in [1.807, 2.05) is 42.5 Å². The topological polar surface area (TPSA) is 41.5 Å². The number of piperidine rings is 1. The predicted molar refractivity (Wildman–Crippen MR) is 99.3 cm³/mol. The summed E-state index contributed by atoms with van der Waals surface area (Å²) < 4.78 is 5.96. The number of para-hydroxylation sites is 1. The van der Waals surface area contributed by atoms with Gasteiger partial charge >= 0.3 is 0 Å². The van der Waals surface area contributed by atoms with Crippen LogP contribution in [-0.4, -0.2) is 53.9 Å². The van der Waals surface area contributed by atoms with Crippen LogP contribution in [0.25, 0.3) is 0 Å². The van der Waals surface area contributed by atoms with Gasteiger partial charge in [-0.05, 0) is 37.1 Å². The van der Waals surface area contributed by atoms with E-state index in [0.717, 1.165) is 44.4 Å². The average molecular weight is 359 g/mol. The molecule has 0 radical (unpaired) electrons. The molecule has 2 saturated heterocycles. The van der Waals surface area contributed by atoms with Gasteiger partial charge in [-0.25, -0.2) is 0 Å². The largest absolute Gasteiger partial charge is 0.493 e. The summed E-state index contributed by atoms with van der Waals surface area (Å²) in [6.45, 7) is 5.00. The molecule has 25 heavy (non-hydrogen) atoms. The molecule has 0 aliphatic carbocycles. The van der Waals surface area contributed by atoms with Crippen molar-refractivity contribution in [1.29, 1.82) is 0 Å². The molecule has 2 aliphatic heterocycles. The fraction of sp³-hybridized carbons (Fsp3) is 0.474. The highest BCUT2D eigenvalue weighted by Gasteiger charge is 2.33. The first-order valence-corrected chi connectivity index (χ1v) is 9.32. The lowest BCUT2D eigenvalue weighted by Crippen LogP contribution is -2.57. The van der Waals surface area contributed by atoms with Crippen molar-refractivity contribution in [2.24, 2.45) is 5.92 Å². The summed E-state index contributed by atoms with van der Waals surface area (Å²) in [6, 6.07) is 14.5. The fourth-order valence-corrected chi connectivity index (χ4v) is 3.91. The zero-order valence-electron chi connectivity index (χ0n) is 14.2. The number of nitrogens with zero attached hydrogens (tertiary/aromatic N) is 4. The number of benzene rings is 1. The van der Waals surface area contributed by atoms with Crippen molar-refractivity contribution in [3.63, 3.8) is 0 Å². The van der Waals surface area contributed by atoms with E-state index in [2.05, 4.69) is 20.0 Å². The summed E-state index contributed by atoms with van der Waals surface area (Å²) in [5.41, 5.74) is 0. The van der Waals surface area contributed by atoms with Crippen LogP contribution in [0, 0.1) is 5.92 Å². The van der Waals surface area contributed by atoms with Gasteiger partial charge < -0.3 is 9.64 Å². The second-order valence-corrected chi connectivity index (χ2v) is 7.26. The van der Waals surface area contributed by atoms with Crippen LogP contribution in [0.1, 0.15) is 12.8 Å². The van der Waals surface area contributed by atoms with E-state index in [4.69, 9.17) is 16.3 Å². The molecule has 0 N–H and O–H groups in total. The molecule has 6 heteroatoms. The molecule has 2 atom stereocenters. The van der Waals surface area contributed by atoms with Gasteiger partial charge in [0, 0.05) is 38.1 Å². The molecule has 0 unspecified atom stereocenters. The standard InChI is InChI=1S/C19H23ClN4O/c20-18-8-9-19(22-21-18)24-11-10-23-12-15(6-7-16(23)13-24)14-25-17-4-2-1-3-5-17/h1-5,8-9,15-16H,6-7,10-14H2/t15-,16+/m1/s1. The van der Waals surface area contributed by atoms with Gasteiger partial charge in [0.25, 0.3) is 0 Å². The third-order valence-corrected chi connectivity index (χ3v) is 5.38. The highest BCUT2D eigenvalue weighted by Crippen LogP contribution is 2.27. The zero-order chi connectivity index (χ0) is 17.1. The second-order valence-electron chi connectivity index (χ2n) is 6.88. The molecule has 0 amide bonds. The molecule has 0 spiro atoms. The molecule has 1 aromatic heterocycles. The van der Waals surface area contributed by atoms with E-state index in [0.29, 0.717) is 17.1 Å². The lowest BCUT2D eigenvalue weighted by atomic mass is 9.91. The van der Waals surface area contributed by atoms with E-state index < -0.39 is 0 Å². The van der Waals surface area contributed by atoms with Crippen LogP contribution < -0.4 is 9.64 Å². The Balaban J connectivity index is 1.30. The maximum atomic E-state index is 5.96. The molecule has 132 valence electrons. The van der Waals surface area contributed by atoms with Crippen molar-refractivity contribution >= 4 is 17.4 Å². The van der Waals surface area contributed by atoms with Crippen LogP contribution in [0.5, 0.6) is 5.75 Å². The van der Waals surface area contributed by atoms with E-state index >= 15 is 0 Å². The van der Waals surface area contributed by atoms with Gasteiger partial charge in [-0.2, -0.15) is 0 Å². The smallest absolute Gasteiger partial charge is 0.151 e. The van der Waals surface area contributed by atoms with E-state index in [1.165, 1.54) is 12.8 Å². The van der Waals surface area contributed by atoms with Crippen molar-refractivity contribution < 1.29 is 4.74 Å². The maximum Gasteiger partial charge on any atom is 0.151 e. The number of ether oxygens (including phenoxy) is 1. The highest BCUT2D eigenvalue weighted by molar-refractivity contribution is 6.29. The van der Waals surface area contributed by atoms with Crippen LogP contribution >= 0.6 is 11.6 Å². The Bertz CT molecular complexity index is 682. The molecule has 0 bridgehead atoms. The Kier molecular flexibility index (Phi) is 5.04. The van der Waals surface area contributed by atoms with E-state index in [1.54, 1.807) is 0 Å². The van der Waals surface area contributed by atoms with E-state index in [9.17, 15) is 0 Å².